The van der Waals surface area contributed by atoms with Gasteiger partial charge < -0.3 is 9.32 Å². The van der Waals surface area contributed by atoms with E-state index in [0.717, 1.165) is 5.56 Å². The fourth-order valence-corrected chi connectivity index (χ4v) is 1.99. The number of carbonyl (C=O) groups is 1. The number of ketones is 1. The van der Waals surface area contributed by atoms with Crippen LogP contribution in [0.25, 0.3) is 0 Å². The molecule has 0 fully saturated rings. The SMILES string of the molecule is CC(=O)c1cc([N+](=O)[O-])ccc1N(C)Cc1ccoc1. The molecule has 0 radical (unpaired) electrons. The molecule has 104 valence electrons. The third-order valence-electron chi connectivity index (χ3n) is 2.98. The first-order valence-corrected chi connectivity index (χ1v) is 6.00. The molecule has 0 aliphatic carbocycles. The van der Waals surface area contributed by atoms with Crippen LogP contribution in [-0.2, 0) is 6.54 Å². The van der Waals surface area contributed by atoms with Gasteiger partial charge in [-0.2, -0.15) is 0 Å². The van der Waals surface area contributed by atoms with E-state index in [4.69, 9.17) is 4.42 Å². The van der Waals surface area contributed by atoms with Gasteiger partial charge in [-0.1, -0.05) is 0 Å². The Morgan fingerprint density at radius 2 is 2.15 bits per heavy atom. The number of nitro groups is 1. The number of furan rings is 1. The summed E-state index contributed by atoms with van der Waals surface area (Å²) in [6.45, 7) is 1.95. The van der Waals surface area contributed by atoms with Gasteiger partial charge in [0.05, 0.1) is 17.4 Å². The molecule has 0 amide bonds. The van der Waals surface area contributed by atoms with Crippen LogP contribution in [0.2, 0.25) is 0 Å². The van der Waals surface area contributed by atoms with Crippen molar-refractivity contribution < 1.29 is 14.1 Å². The van der Waals surface area contributed by atoms with Crippen LogP contribution in [0.1, 0.15) is 22.8 Å². The first-order valence-electron chi connectivity index (χ1n) is 6.00. The summed E-state index contributed by atoms with van der Waals surface area (Å²) in [7, 11) is 1.82. The molecule has 1 heterocycles. The lowest BCUT2D eigenvalue weighted by molar-refractivity contribution is -0.384. The zero-order valence-electron chi connectivity index (χ0n) is 11.2. The highest BCUT2D eigenvalue weighted by atomic mass is 16.6. The van der Waals surface area contributed by atoms with Crippen molar-refractivity contribution in [3.05, 3.63) is 58.0 Å². The number of Topliss-reactive ketones (excluding diaryl/α,β-unsaturated/α-hetero) is 1. The van der Waals surface area contributed by atoms with E-state index < -0.39 is 4.92 Å². The monoisotopic (exact) mass is 274 g/mol. The molecule has 0 saturated carbocycles. The Labute approximate surface area is 115 Å². The zero-order valence-corrected chi connectivity index (χ0v) is 11.2. The molecule has 1 aromatic heterocycles. The molecule has 0 saturated heterocycles. The molecular formula is C14H14N2O4. The molecule has 1 aromatic carbocycles. The molecule has 0 aliphatic rings. The summed E-state index contributed by atoms with van der Waals surface area (Å²) in [5.41, 5.74) is 1.87. The van der Waals surface area contributed by atoms with E-state index in [0.29, 0.717) is 17.8 Å². The highest BCUT2D eigenvalue weighted by molar-refractivity contribution is 6.00. The van der Waals surface area contributed by atoms with Crippen molar-refractivity contribution in [2.45, 2.75) is 13.5 Å². The maximum Gasteiger partial charge on any atom is 0.270 e. The number of non-ortho nitro benzene ring substituents is 1. The summed E-state index contributed by atoms with van der Waals surface area (Å²) in [6.07, 6.45) is 3.19. The van der Waals surface area contributed by atoms with Gasteiger partial charge in [0, 0.05) is 42.5 Å². The number of anilines is 1. The lowest BCUT2D eigenvalue weighted by atomic mass is 10.1. The lowest BCUT2D eigenvalue weighted by Gasteiger charge is -2.20. The van der Waals surface area contributed by atoms with Crippen molar-refractivity contribution in [3.8, 4) is 0 Å². The van der Waals surface area contributed by atoms with E-state index in [1.165, 1.54) is 19.1 Å². The van der Waals surface area contributed by atoms with Crippen LogP contribution in [-0.4, -0.2) is 17.8 Å². The first-order chi connectivity index (χ1) is 9.49. The van der Waals surface area contributed by atoms with E-state index in [2.05, 4.69) is 0 Å². The van der Waals surface area contributed by atoms with Crippen molar-refractivity contribution in [2.75, 3.05) is 11.9 Å². The fraction of sp³-hybridized carbons (Fsp3) is 0.214. The molecule has 0 spiro atoms. The summed E-state index contributed by atoms with van der Waals surface area (Å²) in [5.74, 6) is -0.206. The molecular weight excluding hydrogens is 260 g/mol. The number of carbonyl (C=O) groups excluding carboxylic acids is 1. The zero-order chi connectivity index (χ0) is 14.7. The first kappa shape index (κ1) is 13.8. The van der Waals surface area contributed by atoms with Crippen molar-refractivity contribution >= 4 is 17.2 Å². The smallest absolute Gasteiger partial charge is 0.270 e. The third-order valence-corrected chi connectivity index (χ3v) is 2.98. The maximum absolute atomic E-state index is 11.7. The van der Waals surface area contributed by atoms with Crippen LogP contribution >= 0.6 is 0 Å². The van der Waals surface area contributed by atoms with Crippen molar-refractivity contribution in [3.63, 3.8) is 0 Å². The topological polar surface area (TPSA) is 76.6 Å². The molecule has 0 unspecified atom stereocenters. The molecule has 6 heteroatoms. The van der Waals surface area contributed by atoms with Gasteiger partial charge in [0.25, 0.3) is 5.69 Å². The Bertz CT molecular complexity index is 635. The van der Waals surface area contributed by atoms with Gasteiger partial charge >= 0.3 is 0 Å². The standard InChI is InChI=1S/C14H14N2O4/c1-10(17)13-7-12(16(18)19)3-4-14(13)15(2)8-11-5-6-20-9-11/h3-7,9H,8H2,1-2H3. The molecule has 0 aliphatic heterocycles. The molecule has 6 nitrogen and oxygen atoms in total. The molecule has 0 atom stereocenters. The van der Waals surface area contributed by atoms with Crippen LogP contribution < -0.4 is 4.90 Å². The van der Waals surface area contributed by atoms with Crippen LogP contribution in [0, 0.1) is 10.1 Å². The Hall–Kier alpha value is -2.63. The molecule has 20 heavy (non-hydrogen) atoms. The lowest BCUT2D eigenvalue weighted by Crippen LogP contribution is -2.18. The van der Waals surface area contributed by atoms with E-state index in [9.17, 15) is 14.9 Å². The van der Waals surface area contributed by atoms with E-state index in [1.54, 1.807) is 18.6 Å². The van der Waals surface area contributed by atoms with Gasteiger partial charge in [-0.15, -0.1) is 0 Å². The van der Waals surface area contributed by atoms with Crippen LogP contribution in [0.15, 0.2) is 41.2 Å². The summed E-state index contributed by atoms with van der Waals surface area (Å²) < 4.78 is 5.00. The average Bonchev–Trinajstić information content (AvgIpc) is 2.90. The van der Waals surface area contributed by atoms with Crippen molar-refractivity contribution in [1.29, 1.82) is 0 Å². The fourth-order valence-electron chi connectivity index (χ4n) is 1.99. The second-order valence-corrected chi connectivity index (χ2v) is 4.50. The summed E-state index contributed by atoms with van der Waals surface area (Å²) in [6, 6.07) is 6.13. The number of rotatable bonds is 5. The van der Waals surface area contributed by atoms with Crippen molar-refractivity contribution in [1.82, 2.24) is 0 Å². The third kappa shape index (κ3) is 2.85. The summed E-state index contributed by atoms with van der Waals surface area (Å²) in [5, 5.41) is 10.8. The predicted octanol–water partition coefficient (Wildman–Crippen LogP) is 3.03. The highest BCUT2D eigenvalue weighted by Crippen LogP contribution is 2.26. The highest BCUT2D eigenvalue weighted by Gasteiger charge is 2.16. The number of benzene rings is 1. The van der Waals surface area contributed by atoms with Crippen LogP contribution in [0.3, 0.4) is 0 Å². The minimum Gasteiger partial charge on any atom is -0.472 e. The van der Waals surface area contributed by atoms with Crippen LogP contribution in [0.4, 0.5) is 11.4 Å². The Morgan fingerprint density at radius 3 is 2.70 bits per heavy atom. The Morgan fingerprint density at radius 1 is 1.40 bits per heavy atom. The predicted molar refractivity (Wildman–Crippen MR) is 73.9 cm³/mol. The second-order valence-electron chi connectivity index (χ2n) is 4.50. The summed E-state index contributed by atoms with van der Waals surface area (Å²) >= 11 is 0. The molecule has 0 bridgehead atoms. The quantitative estimate of drug-likeness (QED) is 0.476. The normalized spacial score (nSPS) is 10.3. The number of hydrogen-bond donors (Lipinski definition) is 0. The van der Waals surface area contributed by atoms with Gasteiger partial charge in [-0.3, -0.25) is 14.9 Å². The largest absolute Gasteiger partial charge is 0.472 e. The van der Waals surface area contributed by atoms with Crippen molar-refractivity contribution in [2.24, 2.45) is 0 Å². The molecule has 0 N–H and O–H groups in total. The number of nitro benzene ring substituents is 1. The minimum atomic E-state index is -0.508. The Balaban J connectivity index is 2.35. The van der Waals surface area contributed by atoms with Gasteiger partial charge in [0.2, 0.25) is 0 Å². The number of nitrogens with zero attached hydrogens (tertiary/aromatic N) is 2. The van der Waals surface area contributed by atoms with Gasteiger partial charge in [0.15, 0.2) is 5.78 Å². The van der Waals surface area contributed by atoms with Crippen LogP contribution in [0.5, 0.6) is 0 Å². The summed E-state index contributed by atoms with van der Waals surface area (Å²) in [4.78, 5) is 23.8. The minimum absolute atomic E-state index is 0.0874. The van der Waals surface area contributed by atoms with Gasteiger partial charge in [-0.25, -0.2) is 0 Å². The molecule has 2 rings (SSSR count). The van der Waals surface area contributed by atoms with Gasteiger partial charge in [0.1, 0.15) is 0 Å². The van der Waals surface area contributed by atoms with E-state index >= 15 is 0 Å². The molecule has 2 aromatic rings. The maximum atomic E-state index is 11.7. The van der Waals surface area contributed by atoms with E-state index in [1.807, 2.05) is 18.0 Å². The van der Waals surface area contributed by atoms with Gasteiger partial charge in [-0.05, 0) is 19.1 Å². The average molecular weight is 274 g/mol. The van der Waals surface area contributed by atoms with E-state index in [-0.39, 0.29) is 11.5 Å². The second kappa shape index (κ2) is 5.56. The number of hydrogen-bond acceptors (Lipinski definition) is 5. The Kier molecular flexibility index (Phi) is 3.84.